The Bertz CT molecular complexity index is 858. The van der Waals surface area contributed by atoms with Gasteiger partial charge in [-0.25, -0.2) is 9.07 Å². The monoisotopic (exact) mass is 357 g/mol. The van der Waals surface area contributed by atoms with Crippen LogP contribution in [0.2, 0.25) is 0 Å². The number of hydrogen-bond donors (Lipinski definition) is 1. The summed E-state index contributed by atoms with van der Waals surface area (Å²) in [7, 11) is 0. The number of alkyl halides is 3. The second-order valence-electron chi connectivity index (χ2n) is 4.49. The van der Waals surface area contributed by atoms with E-state index in [2.05, 4.69) is 20.6 Å². The molecular formula is C13H7F4N5OS. The van der Waals surface area contributed by atoms with Crippen LogP contribution in [-0.2, 0) is 6.18 Å². The Labute approximate surface area is 135 Å². The molecule has 6 nitrogen and oxygen atoms in total. The van der Waals surface area contributed by atoms with Crippen molar-refractivity contribution in [1.82, 2.24) is 20.0 Å². The molecule has 0 saturated heterocycles. The molecule has 2 aromatic heterocycles. The zero-order valence-electron chi connectivity index (χ0n) is 11.6. The molecule has 124 valence electrons. The fraction of sp³-hybridized carbons (Fsp3) is 0.0769. The molecule has 3 rings (SSSR count). The molecule has 1 aromatic carbocycles. The summed E-state index contributed by atoms with van der Waals surface area (Å²) in [6, 6.07) is 4.25. The summed E-state index contributed by atoms with van der Waals surface area (Å²) >= 11 is 0.960. The molecule has 0 unspecified atom stereocenters. The van der Waals surface area contributed by atoms with Gasteiger partial charge in [-0.1, -0.05) is 11.3 Å². The van der Waals surface area contributed by atoms with Crippen LogP contribution in [0, 0.1) is 5.82 Å². The minimum absolute atomic E-state index is 0.0290. The smallest absolute Gasteiger partial charge is 0.296 e. The molecule has 1 N–H and O–H groups in total. The number of hydrogen-bond acceptors (Lipinski definition) is 5. The first-order valence-electron chi connectivity index (χ1n) is 6.35. The fourth-order valence-corrected chi connectivity index (χ4v) is 2.40. The molecular weight excluding hydrogens is 350 g/mol. The third-order valence-electron chi connectivity index (χ3n) is 2.93. The van der Waals surface area contributed by atoms with Gasteiger partial charge in [0.2, 0.25) is 5.13 Å². The maximum atomic E-state index is 13.4. The Morgan fingerprint density at radius 3 is 2.50 bits per heavy atom. The molecule has 0 aliphatic heterocycles. The van der Waals surface area contributed by atoms with Gasteiger partial charge >= 0.3 is 6.18 Å². The molecule has 1 amide bonds. The lowest BCUT2D eigenvalue weighted by Crippen LogP contribution is -2.20. The van der Waals surface area contributed by atoms with Gasteiger partial charge in [0.25, 0.3) is 5.91 Å². The number of aromatic nitrogens is 4. The normalized spacial score (nSPS) is 11.5. The minimum Gasteiger partial charge on any atom is -0.296 e. The topological polar surface area (TPSA) is 72.7 Å². The number of carbonyl (C=O) groups excluding carboxylic acids is 1. The molecule has 0 atom stereocenters. The summed E-state index contributed by atoms with van der Waals surface area (Å²) in [6.07, 6.45) is -4.05. The highest BCUT2D eigenvalue weighted by atomic mass is 32.1. The fourth-order valence-electron chi connectivity index (χ4n) is 1.96. The van der Waals surface area contributed by atoms with Gasteiger partial charge in [-0.05, 0) is 24.3 Å². The van der Waals surface area contributed by atoms with Crippen molar-refractivity contribution in [3.05, 3.63) is 53.0 Å². The molecule has 0 aliphatic rings. The summed E-state index contributed by atoms with van der Waals surface area (Å²) in [4.78, 5) is 12.1. The molecule has 3 aromatic rings. The summed E-state index contributed by atoms with van der Waals surface area (Å²) in [5, 5.41) is 12.9. The lowest BCUT2D eigenvalue weighted by Gasteiger charge is -2.12. The van der Waals surface area contributed by atoms with Crippen molar-refractivity contribution in [3.63, 3.8) is 0 Å². The second-order valence-corrected chi connectivity index (χ2v) is 5.32. The van der Waals surface area contributed by atoms with E-state index in [9.17, 15) is 22.4 Å². The Balaban J connectivity index is 2.04. The lowest BCUT2D eigenvalue weighted by atomic mass is 10.2. The van der Waals surface area contributed by atoms with Crippen molar-refractivity contribution in [2.45, 2.75) is 6.18 Å². The third kappa shape index (κ3) is 3.11. The van der Waals surface area contributed by atoms with Crippen LogP contribution in [0.15, 0.2) is 36.0 Å². The average molecular weight is 357 g/mol. The maximum absolute atomic E-state index is 13.4. The van der Waals surface area contributed by atoms with Crippen molar-refractivity contribution in [2.24, 2.45) is 0 Å². The molecule has 0 aliphatic carbocycles. The average Bonchev–Trinajstić information content (AvgIpc) is 3.16. The number of amides is 1. The summed E-state index contributed by atoms with van der Waals surface area (Å²) < 4.78 is 53.7. The molecule has 0 bridgehead atoms. The van der Waals surface area contributed by atoms with E-state index < -0.39 is 29.2 Å². The molecule has 2 heterocycles. The number of benzene rings is 1. The third-order valence-corrected chi connectivity index (χ3v) is 3.54. The Morgan fingerprint density at radius 2 is 1.92 bits per heavy atom. The van der Waals surface area contributed by atoms with E-state index in [1.54, 1.807) is 0 Å². The number of rotatable bonds is 3. The first-order chi connectivity index (χ1) is 11.4. The van der Waals surface area contributed by atoms with Crippen LogP contribution in [0.1, 0.15) is 16.1 Å². The minimum atomic E-state index is -4.85. The Morgan fingerprint density at radius 1 is 1.21 bits per heavy atom. The van der Waals surface area contributed by atoms with Crippen molar-refractivity contribution >= 4 is 22.4 Å². The van der Waals surface area contributed by atoms with E-state index in [4.69, 9.17) is 0 Å². The van der Waals surface area contributed by atoms with E-state index in [-0.39, 0.29) is 10.8 Å². The van der Waals surface area contributed by atoms with Crippen LogP contribution in [0.25, 0.3) is 5.69 Å². The number of nitrogens with one attached hydrogen (secondary N) is 1. The highest BCUT2D eigenvalue weighted by Gasteiger charge is 2.40. The van der Waals surface area contributed by atoms with E-state index >= 15 is 0 Å². The van der Waals surface area contributed by atoms with Crippen LogP contribution in [0.5, 0.6) is 0 Å². The van der Waals surface area contributed by atoms with Gasteiger partial charge in [0.1, 0.15) is 11.3 Å². The second kappa shape index (κ2) is 6.00. The molecule has 0 fully saturated rings. The molecule has 0 saturated carbocycles. The molecule has 11 heteroatoms. The van der Waals surface area contributed by atoms with E-state index in [1.807, 2.05) is 0 Å². The maximum Gasteiger partial charge on any atom is 0.434 e. The predicted octanol–water partition coefficient (Wildman–Crippen LogP) is 3.13. The first-order valence-corrected chi connectivity index (χ1v) is 7.23. The molecule has 24 heavy (non-hydrogen) atoms. The van der Waals surface area contributed by atoms with Crippen LogP contribution < -0.4 is 5.32 Å². The zero-order valence-corrected chi connectivity index (χ0v) is 12.4. The van der Waals surface area contributed by atoms with E-state index in [1.165, 1.54) is 5.51 Å². The van der Waals surface area contributed by atoms with Crippen LogP contribution in [0.4, 0.5) is 22.7 Å². The van der Waals surface area contributed by atoms with Gasteiger partial charge < -0.3 is 0 Å². The largest absolute Gasteiger partial charge is 0.434 e. The van der Waals surface area contributed by atoms with Gasteiger partial charge in [0.15, 0.2) is 5.69 Å². The van der Waals surface area contributed by atoms with E-state index in [0.717, 1.165) is 41.8 Å². The van der Waals surface area contributed by atoms with Crippen LogP contribution in [0.3, 0.4) is 0 Å². The summed E-state index contributed by atoms with van der Waals surface area (Å²) in [5.41, 5.74) is -0.654. The lowest BCUT2D eigenvalue weighted by molar-refractivity contribution is -0.143. The standard InChI is InChI=1S/C13H7F4N5OS/c14-7-1-3-8(4-2-7)22-10(13(15,16)17)9(5-19-22)11(23)20-12-21-18-6-24-12/h1-6H,(H,20,21,23). The van der Waals surface area contributed by atoms with Crippen molar-refractivity contribution < 1.29 is 22.4 Å². The SMILES string of the molecule is O=C(Nc1nncs1)c1cnn(-c2ccc(F)cc2)c1C(F)(F)F. The summed E-state index contributed by atoms with van der Waals surface area (Å²) in [5.74, 6) is -1.62. The van der Waals surface area contributed by atoms with E-state index in [0.29, 0.717) is 4.68 Å². The van der Waals surface area contributed by atoms with Gasteiger partial charge in [-0.3, -0.25) is 10.1 Å². The number of halogens is 4. The number of carbonyl (C=O) groups is 1. The quantitative estimate of drug-likeness (QED) is 0.731. The number of anilines is 1. The number of nitrogens with zero attached hydrogens (tertiary/aromatic N) is 4. The Kier molecular flexibility index (Phi) is 4.01. The van der Waals surface area contributed by atoms with Gasteiger partial charge in [-0.15, -0.1) is 10.2 Å². The molecule has 0 radical (unpaired) electrons. The van der Waals surface area contributed by atoms with Crippen molar-refractivity contribution in [1.29, 1.82) is 0 Å². The highest BCUT2D eigenvalue weighted by Crippen LogP contribution is 2.34. The zero-order chi connectivity index (χ0) is 17.3. The van der Waals surface area contributed by atoms with Crippen LogP contribution in [-0.4, -0.2) is 25.9 Å². The van der Waals surface area contributed by atoms with Gasteiger partial charge in [0, 0.05) is 0 Å². The van der Waals surface area contributed by atoms with Crippen LogP contribution >= 0.6 is 11.3 Å². The van der Waals surface area contributed by atoms with Crippen molar-refractivity contribution in [2.75, 3.05) is 5.32 Å². The molecule has 0 spiro atoms. The highest BCUT2D eigenvalue weighted by molar-refractivity contribution is 7.13. The Hall–Kier alpha value is -2.82. The summed E-state index contributed by atoms with van der Waals surface area (Å²) in [6.45, 7) is 0. The van der Waals surface area contributed by atoms with Gasteiger partial charge in [-0.2, -0.15) is 18.3 Å². The first kappa shape index (κ1) is 16.1. The predicted molar refractivity (Wildman–Crippen MR) is 76.4 cm³/mol. The van der Waals surface area contributed by atoms with Gasteiger partial charge in [0.05, 0.1) is 17.4 Å². The van der Waals surface area contributed by atoms with Crippen molar-refractivity contribution in [3.8, 4) is 5.69 Å².